The second-order valence-corrected chi connectivity index (χ2v) is 5.59. The number of benzene rings is 1. The maximum absolute atomic E-state index is 13.8. The Hall–Kier alpha value is -3.30. The van der Waals surface area contributed by atoms with E-state index in [-0.39, 0.29) is 22.8 Å². The first-order valence-electron chi connectivity index (χ1n) is 7.64. The summed E-state index contributed by atoms with van der Waals surface area (Å²) in [5.74, 6) is -4.69. The molecule has 1 aromatic heterocycles. The van der Waals surface area contributed by atoms with E-state index in [4.69, 9.17) is 4.52 Å². The van der Waals surface area contributed by atoms with Gasteiger partial charge < -0.3 is 4.52 Å². The molecule has 0 saturated carbocycles. The number of hydrogen-bond acceptors (Lipinski definition) is 5. The van der Waals surface area contributed by atoms with Gasteiger partial charge in [-0.2, -0.15) is 18.2 Å². The van der Waals surface area contributed by atoms with Gasteiger partial charge in [-0.25, -0.2) is 4.39 Å². The van der Waals surface area contributed by atoms with Crippen LogP contribution in [-0.2, 0) is 4.79 Å². The van der Waals surface area contributed by atoms with Crippen molar-refractivity contribution < 1.29 is 31.7 Å². The van der Waals surface area contributed by atoms with E-state index in [2.05, 4.69) is 10.1 Å². The van der Waals surface area contributed by atoms with Crippen LogP contribution in [0.5, 0.6) is 0 Å². The van der Waals surface area contributed by atoms with Gasteiger partial charge in [-0.05, 0) is 24.6 Å². The van der Waals surface area contributed by atoms with Crippen LogP contribution in [0.25, 0.3) is 11.4 Å². The summed E-state index contributed by atoms with van der Waals surface area (Å²) in [7, 11) is 0. The standard InChI is InChI=1S/C17H11F4N3O3/c18-12-7-2-1-6-11(12)15-22-13(24-27-15)9-4-3-5-10(8-9)14(25)23-16(26)17(19,20)21/h1-5,7-8,11H,6H2,(H,23,25,26). The molecule has 1 aromatic carbocycles. The highest BCUT2D eigenvalue weighted by Crippen LogP contribution is 2.32. The van der Waals surface area contributed by atoms with E-state index < -0.39 is 29.7 Å². The Kier molecular flexibility index (Phi) is 4.89. The number of carbonyl (C=O) groups is 2. The Morgan fingerprint density at radius 3 is 2.74 bits per heavy atom. The number of carbonyl (C=O) groups excluding carboxylic acids is 2. The average Bonchev–Trinajstić information content (AvgIpc) is 3.11. The second-order valence-electron chi connectivity index (χ2n) is 5.59. The minimum atomic E-state index is -5.18. The zero-order valence-corrected chi connectivity index (χ0v) is 13.5. The number of rotatable bonds is 3. The molecule has 0 bridgehead atoms. The van der Waals surface area contributed by atoms with E-state index in [9.17, 15) is 27.2 Å². The summed E-state index contributed by atoms with van der Waals surface area (Å²) < 4.78 is 55.6. The normalized spacial score (nSPS) is 16.7. The molecule has 140 valence electrons. The third kappa shape index (κ3) is 4.10. The average molecular weight is 381 g/mol. The van der Waals surface area contributed by atoms with Gasteiger partial charge in [0.05, 0.1) is 5.92 Å². The number of nitrogens with zero attached hydrogens (tertiary/aromatic N) is 2. The summed E-state index contributed by atoms with van der Waals surface area (Å²) >= 11 is 0. The summed E-state index contributed by atoms with van der Waals surface area (Å²) in [6.07, 6.45) is -0.262. The molecule has 0 fully saturated rings. The van der Waals surface area contributed by atoms with Gasteiger partial charge in [0.15, 0.2) is 0 Å². The first kappa shape index (κ1) is 18.5. The fraction of sp³-hybridized carbons (Fsp3) is 0.176. The van der Waals surface area contributed by atoms with Crippen LogP contribution in [0.2, 0.25) is 0 Å². The zero-order valence-electron chi connectivity index (χ0n) is 13.5. The molecule has 1 unspecified atom stereocenters. The maximum atomic E-state index is 13.8. The van der Waals surface area contributed by atoms with Crippen LogP contribution in [0.4, 0.5) is 17.6 Å². The Morgan fingerprint density at radius 1 is 1.26 bits per heavy atom. The number of allylic oxidation sites excluding steroid dienone is 4. The number of nitrogens with one attached hydrogen (secondary N) is 1. The molecule has 1 aliphatic carbocycles. The van der Waals surface area contributed by atoms with Crippen LogP contribution in [0.15, 0.2) is 52.8 Å². The number of alkyl halides is 3. The molecule has 3 rings (SSSR count). The maximum Gasteiger partial charge on any atom is 0.471 e. The van der Waals surface area contributed by atoms with Crippen molar-refractivity contribution >= 4 is 11.8 Å². The number of halogens is 4. The lowest BCUT2D eigenvalue weighted by Crippen LogP contribution is -2.40. The lowest BCUT2D eigenvalue weighted by molar-refractivity contribution is -0.172. The van der Waals surface area contributed by atoms with Gasteiger partial charge in [-0.15, -0.1) is 0 Å². The van der Waals surface area contributed by atoms with E-state index in [1.807, 2.05) is 0 Å². The minimum Gasteiger partial charge on any atom is -0.338 e. The van der Waals surface area contributed by atoms with Gasteiger partial charge in [0.2, 0.25) is 11.7 Å². The fourth-order valence-electron chi connectivity index (χ4n) is 2.36. The first-order chi connectivity index (χ1) is 12.8. The molecule has 1 atom stereocenters. The van der Waals surface area contributed by atoms with Crippen LogP contribution in [0, 0.1) is 0 Å². The molecular weight excluding hydrogens is 370 g/mol. The predicted octanol–water partition coefficient (Wildman–Crippen LogP) is 3.45. The van der Waals surface area contributed by atoms with Crippen LogP contribution in [0.3, 0.4) is 0 Å². The molecule has 1 N–H and O–H groups in total. The third-order valence-electron chi connectivity index (χ3n) is 3.70. The molecule has 0 aliphatic heterocycles. The summed E-state index contributed by atoms with van der Waals surface area (Å²) in [6, 6.07) is 5.28. The smallest absolute Gasteiger partial charge is 0.338 e. The van der Waals surface area contributed by atoms with Crippen molar-refractivity contribution in [3.63, 3.8) is 0 Å². The summed E-state index contributed by atoms with van der Waals surface area (Å²) in [6.45, 7) is 0. The van der Waals surface area contributed by atoms with E-state index in [1.54, 1.807) is 12.2 Å². The molecule has 0 spiro atoms. The molecule has 1 heterocycles. The van der Waals surface area contributed by atoms with Crippen molar-refractivity contribution in [2.45, 2.75) is 18.5 Å². The Morgan fingerprint density at radius 2 is 2.04 bits per heavy atom. The highest BCUT2D eigenvalue weighted by Gasteiger charge is 2.39. The van der Waals surface area contributed by atoms with E-state index >= 15 is 0 Å². The van der Waals surface area contributed by atoms with Crippen LogP contribution in [-0.4, -0.2) is 28.1 Å². The lowest BCUT2D eigenvalue weighted by Gasteiger charge is -2.10. The molecule has 2 amide bonds. The highest BCUT2D eigenvalue weighted by atomic mass is 19.4. The topological polar surface area (TPSA) is 85.1 Å². The van der Waals surface area contributed by atoms with Gasteiger partial charge in [0.1, 0.15) is 5.83 Å². The highest BCUT2D eigenvalue weighted by molar-refractivity contribution is 6.06. The SMILES string of the molecule is O=C(NC(=O)C(F)(F)F)c1cccc(-c2noc(C3CC=CC=C3F)n2)c1. The van der Waals surface area contributed by atoms with Gasteiger partial charge in [-0.3, -0.25) is 14.9 Å². The fourth-order valence-corrected chi connectivity index (χ4v) is 2.36. The largest absolute Gasteiger partial charge is 0.471 e. The van der Waals surface area contributed by atoms with E-state index in [0.717, 1.165) is 0 Å². The molecule has 0 radical (unpaired) electrons. The van der Waals surface area contributed by atoms with Crippen molar-refractivity contribution in [2.24, 2.45) is 0 Å². The second kappa shape index (κ2) is 7.14. The predicted molar refractivity (Wildman–Crippen MR) is 84.0 cm³/mol. The molecule has 0 saturated heterocycles. The van der Waals surface area contributed by atoms with Gasteiger partial charge in [-0.1, -0.05) is 29.4 Å². The summed E-state index contributed by atoms with van der Waals surface area (Å²) in [4.78, 5) is 26.8. The monoisotopic (exact) mass is 381 g/mol. The summed E-state index contributed by atoms with van der Waals surface area (Å²) in [5.41, 5.74) is 0.0518. The number of imide groups is 1. The third-order valence-corrected chi connectivity index (χ3v) is 3.70. The Balaban J connectivity index is 1.80. The van der Waals surface area contributed by atoms with E-state index in [1.165, 1.54) is 35.7 Å². The number of aromatic nitrogens is 2. The van der Waals surface area contributed by atoms with Crippen molar-refractivity contribution in [1.29, 1.82) is 0 Å². The van der Waals surface area contributed by atoms with Crippen LogP contribution < -0.4 is 5.32 Å². The van der Waals surface area contributed by atoms with Crippen molar-refractivity contribution in [3.05, 3.63) is 59.8 Å². The number of amides is 2. The van der Waals surface area contributed by atoms with E-state index in [0.29, 0.717) is 6.42 Å². The molecular formula is C17H11F4N3O3. The lowest BCUT2D eigenvalue weighted by atomic mass is 9.99. The number of hydrogen-bond donors (Lipinski definition) is 1. The van der Waals surface area contributed by atoms with Crippen molar-refractivity contribution in [2.75, 3.05) is 0 Å². The molecule has 6 nitrogen and oxygen atoms in total. The molecule has 10 heteroatoms. The van der Waals surface area contributed by atoms with Crippen molar-refractivity contribution in [3.8, 4) is 11.4 Å². The molecule has 27 heavy (non-hydrogen) atoms. The Bertz CT molecular complexity index is 947. The van der Waals surface area contributed by atoms with Gasteiger partial charge >= 0.3 is 12.1 Å². The van der Waals surface area contributed by atoms with Crippen LogP contribution >= 0.6 is 0 Å². The first-order valence-corrected chi connectivity index (χ1v) is 7.64. The molecule has 1 aliphatic rings. The summed E-state index contributed by atoms with van der Waals surface area (Å²) in [5, 5.41) is 4.96. The van der Waals surface area contributed by atoms with Gasteiger partial charge in [0, 0.05) is 11.1 Å². The Labute approximate surface area is 149 Å². The van der Waals surface area contributed by atoms with Gasteiger partial charge in [0.25, 0.3) is 5.91 Å². The van der Waals surface area contributed by atoms with Crippen LogP contribution in [0.1, 0.15) is 28.6 Å². The van der Waals surface area contributed by atoms with Crippen molar-refractivity contribution in [1.82, 2.24) is 15.5 Å². The quantitative estimate of drug-likeness (QED) is 0.824. The minimum absolute atomic E-state index is 0.0316. The molecule has 2 aromatic rings. The zero-order chi connectivity index (χ0) is 19.6.